The van der Waals surface area contributed by atoms with Crippen LogP contribution in [0.15, 0.2) is 17.1 Å². The summed E-state index contributed by atoms with van der Waals surface area (Å²) in [6, 6.07) is 0. The van der Waals surface area contributed by atoms with Gasteiger partial charge in [-0.15, -0.1) is 0 Å². The molecule has 6 heavy (non-hydrogen) atoms. The van der Waals surface area contributed by atoms with Gasteiger partial charge in [0, 0.05) is 5.88 Å². The van der Waals surface area contributed by atoms with Crippen molar-refractivity contribution in [3.05, 3.63) is 12.7 Å². The van der Waals surface area contributed by atoms with Crippen LogP contribution in [0.5, 0.6) is 5.88 Å². The van der Waals surface area contributed by atoms with Crippen molar-refractivity contribution in [3.8, 4) is 5.88 Å². The SMILES string of the molecule is [O-]c1cocn1. The minimum Gasteiger partial charge on any atom is -0.856 e. The molecule has 0 aliphatic heterocycles. The molecule has 0 aromatic carbocycles. The van der Waals surface area contributed by atoms with E-state index in [1.54, 1.807) is 0 Å². The second kappa shape index (κ2) is 1.01. The summed E-state index contributed by atoms with van der Waals surface area (Å²) in [7, 11) is 0. The Balaban J connectivity index is 3.05. The third-order valence-corrected chi connectivity index (χ3v) is 0.410. The van der Waals surface area contributed by atoms with Crippen LogP contribution in [0, 0.1) is 0 Å². The van der Waals surface area contributed by atoms with Crippen LogP contribution in [0.2, 0.25) is 0 Å². The smallest absolute Gasteiger partial charge is 0.179 e. The predicted molar refractivity (Wildman–Crippen MR) is 15.9 cm³/mol. The zero-order valence-corrected chi connectivity index (χ0v) is 2.92. The van der Waals surface area contributed by atoms with Crippen LogP contribution in [0.3, 0.4) is 0 Å². The van der Waals surface area contributed by atoms with E-state index in [2.05, 4.69) is 9.40 Å². The quantitative estimate of drug-likeness (QED) is 0.435. The van der Waals surface area contributed by atoms with E-state index in [0.717, 1.165) is 12.7 Å². The first-order valence-electron chi connectivity index (χ1n) is 1.45. The summed E-state index contributed by atoms with van der Waals surface area (Å²) in [5.41, 5.74) is 0. The van der Waals surface area contributed by atoms with Crippen LogP contribution >= 0.6 is 0 Å². The molecule has 1 aromatic rings. The average molecular weight is 84.1 g/mol. The van der Waals surface area contributed by atoms with Crippen molar-refractivity contribution in [2.75, 3.05) is 0 Å². The van der Waals surface area contributed by atoms with Crippen LogP contribution in [0.1, 0.15) is 0 Å². The molecule has 3 nitrogen and oxygen atoms in total. The fourth-order valence-corrected chi connectivity index (χ4v) is 0.201. The van der Waals surface area contributed by atoms with Crippen LogP contribution in [0.4, 0.5) is 0 Å². The lowest BCUT2D eigenvalue weighted by Crippen LogP contribution is -1.85. The third kappa shape index (κ3) is 0.337. The number of aromatic nitrogens is 1. The first-order valence-corrected chi connectivity index (χ1v) is 1.45. The Hall–Kier alpha value is -0.990. The maximum absolute atomic E-state index is 9.86. The van der Waals surface area contributed by atoms with Gasteiger partial charge < -0.3 is 9.52 Å². The normalized spacial score (nSPS) is 8.67. The van der Waals surface area contributed by atoms with E-state index < -0.39 is 0 Å². The molecular formula is C3H2NO2-. The van der Waals surface area contributed by atoms with Crippen molar-refractivity contribution in [3.63, 3.8) is 0 Å². The molecule has 0 N–H and O–H groups in total. The van der Waals surface area contributed by atoms with E-state index in [9.17, 15) is 5.11 Å². The molecule has 0 amide bonds. The fourth-order valence-electron chi connectivity index (χ4n) is 0.201. The topological polar surface area (TPSA) is 49.1 Å². The minimum absolute atomic E-state index is 0.324. The van der Waals surface area contributed by atoms with E-state index in [1.165, 1.54) is 0 Å². The predicted octanol–water partition coefficient (Wildman–Crippen LogP) is -0.252. The van der Waals surface area contributed by atoms with Crippen LogP contribution in [-0.4, -0.2) is 4.98 Å². The van der Waals surface area contributed by atoms with Crippen molar-refractivity contribution in [2.45, 2.75) is 0 Å². The number of oxazole rings is 1. The largest absolute Gasteiger partial charge is 0.856 e. The highest BCUT2D eigenvalue weighted by molar-refractivity contribution is 4.90. The summed E-state index contributed by atoms with van der Waals surface area (Å²) in [5, 5.41) is 9.86. The molecule has 0 aliphatic rings. The maximum atomic E-state index is 9.86. The highest BCUT2D eigenvalue weighted by Crippen LogP contribution is 1.92. The van der Waals surface area contributed by atoms with E-state index >= 15 is 0 Å². The van der Waals surface area contributed by atoms with Crippen LogP contribution < -0.4 is 5.11 Å². The first-order chi connectivity index (χ1) is 2.89. The van der Waals surface area contributed by atoms with Gasteiger partial charge >= 0.3 is 0 Å². The van der Waals surface area contributed by atoms with Crippen molar-refractivity contribution in [1.82, 2.24) is 4.98 Å². The van der Waals surface area contributed by atoms with Crippen LogP contribution in [-0.2, 0) is 0 Å². The molecule has 0 bridgehead atoms. The summed E-state index contributed by atoms with van der Waals surface area (Å²) in [6.45, 7) is 0. The Morgan fingerprint density at radius 2 is 2.67 bits per heavy atom. The van der Waals surface area contributed by atoms with Gasteiger partial charge in [-0.1, -0.05) is 0 Å². The number of nitrogens with zero attached hydrogens (tertiary/aromatic N) is 1. The van der Waals surface area contributed by atoms with E-state index in [1.807, 2.05) is 0 Å². The lowest BCUT2D eigenvalue weighted by atomic mass is 10.9. The van der Waals surface area contributed by atoms with Gasteiger partial charge in [-0.2, -0.15) is 0 Å². The van der Waals surface area contributed by atoms with Gasteiger partial charge in [0.25, 0.3) is 0 Å². The molecule has 3 heteroatoms. The zero-order chi connectivity index (χ0) is 4.41. The summed E-state index contributed by atoms with van der Waals surface area (Å²) in [4.78, 5) is 3.19. The van der Waals surface area contributed by atoms with Gasteiger partial charge in [0.05, 0.1) is 0 Å². The van der Waals surface area contributed by atoms with Gasteiger partial charge in [-0.25, -0.2) is 4.98 Å². The van der Waals surface area contributed by atoms with Gasteiger partial charge in [-0.3, -0.25) is 0 Å². The van der Waals surface area contributed by atoms with E-state index in [-0.39, 0.29) is 5.88 Å². The Kier molecular flexibility index (Phi) is 0.538. The van der Waals surface area contributed by atoms with E-state index in [4.69, 9.17) is 0 Å². The molecule has 0 saturated carbocycles. The van der Waals surface area contributed by atoms with Gasteiger partial charge in [0.15, 0.2) is 6.39 Å². The van der Waals surface area contributed by atoms with Crippen molar-refractivity contribution in [1.29, 1.82) is 0 Å². The van der Waals surface area contributed by atoms with Crippen molar-refractivity contribution in [2.24, 2.45) is 0 Å². The molecule has 0 spiro atoms. The Bertz CT molecular complexity index is 112. The summed E-state index contributed by atoms with van der Waals surface area (Å²) in [5.74, 6) is -0.324. The highest BCUT2D eigenvalue weighted by Gasteiger charge is 1.69. The molecule has 0 saturated heterocycles. The van der Waals surface area contributed by atoms with Gasteiger partial charge in [-0.05, 0) is 0 Å². The van der Waals surface area contributed by atoms with Crippen molar-refractivity contribution >= 4 is 0 Å². The molecule has 1 heterocycles. The fraction of sp³-hybridized carbons (Fsp3) is 0. The van der Waals surface area contributed by atoms with Crippen molar-refractivity contribution < 1.29 is 9.52 Å². The Morgan fingerprint density at radius 1 is 1.83 bits per heavy atom. The Morgan fingerprint density at radius 3 is 2.83 bits per heavy atom. The summed E-state index contributed by atoms with van der Waals surface area (Å²) >= 11 is 0. The van der Waals surface area contributed by atoms with Gasteiger partial charge in [0.2, 0.25) is 0 Å². The highest BCUT2D eigenvalue weighted by atomic mass is 16.4. The number of rotatable bonds is 0. The standard InChI is InChI=1S/C3H3NO2/c5-3-1-6-2-4-3/h1-2,5H/p-1. The molecule has 0 aliphatic carbocycles. The molecule has 1 rings (SSSR count). The monoisotopic (exact) mass is 84.0 g/mol. The molecular weight excluding hydrogens is 82.0 g/mol. The van der Waals surface area contributed by atoms with Crippen LogP contribution in [0.25, 0.3) is 0 Å². The molecule has 1 aromatic heterocycles. The zero-order valence-electron chi connectivity index (χ0n) is 2.92. The second-order valence-corrected chi connectivity index (χ2v) is 0.827. The van der Waals surface area contributed by atoms with E-state index in [0.29, 0.717) is 0 Å². The molecule has 0 atom stereocenters. The molecule has 0 fully saturated rings. The maximum Gasteiger partial charge on any atom is 0.179 e. The molecule has 0 unspecified atom stereocenters. The Labute approximate surface area is 34.2 Å². The lowest BCUT2D eigenvalue weighted by Gasteiger charge is -1.86. The van der Waals surface area contributed by atoms with Gasteiger partial charge in [0.1, 0.15) is 6.26 Å². The summed E-state index contributed by atoms with van der Waals surface area (Å²) in [6.07, 6.45) is 2.14. The molecule has 0 radical (unpaired) electrons. The third-order valence-electron chi connectivity index (χ3n) is 0.410. The molecule has 32 valence electrons. The number of hydrogen-bond donors (Lipinski definition) is 0. The number of hydrogen-bond acceptors (Lipinski definition) is 3. The lowest BCUT2D eigenvalue weighted by molar-refractivity contribution is -0.275. The average Bonchev–Trinajstić information content (AvgIpc) is 1.86. The second-order valence-electron chi connectivity index (χ2n) is 0.827. The minimum atomic E-state index is -0.324. The first kappa shape index (κ1) is 3.21. The summed E-state index contributed by atoms with van der Waals surface area (Å²) < 4.78 is 4.29.